The molecule has 1 aromatic carbocycles. The highest BCUT2D eigenvalue weighted by Crippen LogP contribution is 2.21. The molecule has 0 heterocycles. The number of benzene rings is 1. The van der Waals surface area contributed by atoms with E-state index in [0.29, 0.717) is 5.56 Å². The van der Waals surface area contributed by atoms with E-state index in [-0.39, 0.29) is 0 Å². The number of rotatable bonds is 4. The van der Waals surface area contributed by atoms with E-state index in [1.165, 1.54) is 0 Å². The second-order valence-electron chi connectivity index (χ2n) is 2.23. The molecule has 0 saturated carbocycles. The molecule has 1 rings (SSSR count). The zero-order valence-electron chi connectivity index (χ0n) is 6.49. The van der Waals surface area contributed by atoms with Crippen molar-refractivity contribution in [2.24, 2.45) is 0 Å². The summed E-state index contributed by atoms with van der Waals surface area (Å²) < 4.78 is 14.5. The number of nitro groups is 1. The summed E-state index contributed by atoms with van der Waals surface area (Å²) in [4.78, 5) is 9.79. The standard InChI is InChI=1S/C7H6NO4P/c9-8(10)7(12-13-11)6-4-2-1-3-5-6/h1-5,7H. The van der Waals surface area contributed by atoms with Gasteiger partial charge >= 0.3 is 14.9 Å². The van der Waals surface area contributed by atoms with Gasteiger partial charge in [0, 0.05) is 0 Å². The normalized spacial score (nSPS) is 12.6. The summed E-state index contributed by atoms with van der Waals surface area (Å²) in [6.45, 7) is 0. The topological polar surface area (TPSA) is 69.4 Å². The van der Waals surface area contributed by atoms with Gasteiger partial charge in [0.1, 0.15) is 0 Å². The molecule has 0 radical (unpaired) electrons. The third-order valence-electron chi connectivity index (χ3n) is 1.42. The van der Waals surface area contributed by atoms with E-state index in [9.17, 15) is 14.7 Å². The fourth-order valence-electron chi connectivity index (χ4n) is 0.879. The van der Waals surface area contributed by atoms with Crippen molar-refractivity contribution < 1.29 is 14.0 Å². The summed E-state index contributed by atoms with van der Waals surface area (Å²) in [6.07, 6.45) is -1.36. The highest BCUT2D eigenvalue weighted by Gasteiger charge is 2.23. The first kappa shape index (κ1) is 9.77. The molecule has 1 aromatic rings. The van der Waals surface area contributed by atoms with E-state index >= 15 is 0 Å². The van der Waals surface area contributed by atoms with E-state index in [0.717, 1.165) is 0 Å². The lowest BCUT2D eigenvalue weighted by Gasteiger charge is -2.04. The van der Waals surface area contributed by atoms with Crippen molar-refractivity contribution >= 4 is 8.69 Å². The van der Waals surface area contributed by atoms with Gasteiger partial charge in [0.05, 0.1) is 10.5 Å². The average molecular weight is 199 g/mol. The van der Waals surface area contributed by atoms with E-state index in [1.54, 1.807) is 30.3 Å². The Bertz CT molecular complexity index is 303. The Kier molecular flexibility index (Phi) is 3.49. The molecule has 0 aliphatic rings. The Balaban J connectivity index is 2.88. The minimum Gasteiger partial charge on any atom is -0.261 e. The van der Waals surface area contributed by atoms with Crippen molar-refractivity contribution in [2.75, 3.05) is 0 Å². The molecule has 0 fully saturated rings. The largest absolute Gasteiger partial charge is 0.351 e. The van der Waals surface area contributed by atoms with Gasteiger partial charge in [0.15, 0.2) is 0 Å². The SMILES string of the molecule is O=POC(c1ccccc1)[N+](=O)[O-]. The Hall–Kier alpha value is -1.32. The second kappa shape index (κ2) is 4.64. The van der Waals surface area contributed by atoms with E-state index in [2.05, 4.69) is 4.52 Å². The van der Waals surface area contributed by atoms with Gasteiger partial charge in [-0.15, -0.1) is 0 Å². The molecule has 6 heteroatoms. The lowest BCUT2D eigenvalue weighted by Crippen LogP contribution is -2.09. The fourth-order valence-corrected chi connectivity index (χ4v) is 1.16. The van der Waals surface area contributed by atoms with Crippen LogP contribution in [0.15, 0.2) is 30.3 Å². The summed E-state index contributed by atoms with van der Waals surface area (Å²) in [5.74, 6) is 0. The van der Waals surface area contributed by atoms with Gasteiger partial charge in [-0.25, -0.2) is 9.09 Å². The first-order valence-corrected chi connectivity index (χ1v) is 4.15. The zero-order valence-corrected chi connectivity index (χ0v) is 7.39. The van der Waals surface area contributed by atoms with Gasteiger partial charge in [-0.3, -0.25) is 10.1 Å². The minimum absolute atomic E-state index is 0.371. The van der Waals surface area contributed by atoms with Gasteiger partial charge in [0.2, 0.25) is 0 Å². The van der Waals surface area contributed by atoms with Crippen LogP contribution in [0.2, 0.25) is 0 Å². The highest BCUT2D eigenvalue weighted by atomic mass is 31.1. The Morgan fingerprint density at radius 3 is 2.46 bits per heavy atom. The molecule has 0 aliphatic carbocycles. The first-order chi connectivity index (χ1) is 6.25. The molecule has 0 bridgehead atoms. The van der Waals surface area contributed by atoms with Crippen LogP contribution in [0, 0.1) is 10.1 Å². The molecule has 0 spiro atoms. The quantitative estimate of drug-likeness (QED) is 0.322. The summed E-state index contributed by atoms with van der Waals surface area (Å²) >= 11 is 0. The third-order valence-corrected chi connectivity index (χ3v) is 1.70. The smallest absolute Gasteiger partial charge is 0.261 e. The molecule has 0 N–H and O–H groups in total. The molecule has 0 saturated heterocycles. The molecule has 1 atom stereocenters. The molecule has 0 aromatic heterocycles. The molecule has 68 valence electrons. The fraction of sp³-hybridized carbons (Fsp3) is 0.143. The summed E-state index contributed by atoms with van der Waals surface area (Å²) in [6, 6.07) is 8.11. The number of hydrogen-bond acceptors (Lipinski definition) is 4. The van der Waals surface area contributed by atoms with Crippen molar-refractivity contribution in [1.82, 2.24) is 0 Å². The predicted octanol–water partition coefficient (Wildman–Crippen LogP) is 2.19. The highest BCUT2D eigenvalue weighted by molar-refractivity contribution is 7.17. The van der Waals surface area contributed by atoms with E-state index < -0.39 is 19.8 Å². The number of hydrogen-bond donors (Lipinski definition) is 0. The van der Waals surface area contributed by atoms with Crippen molar-refractivity contribution in [3.05, 3.63) is 46.0 Å². The lowest BCUT2D eigenvalue weighted by atomic mass is 10.2. The van der Waals surface area contributed by atoms with Crippen LogP contribution in [-0.4, -0.2) is 4.92 Å². The maximum Gasteiger partial charge on any atom is 0.351 e. The van der Waals surface area contributed by atoms with E-state index in [4.69, 9.17) is 0 Å². The first-order valence-electron chi connectivity index (χ1n) is 3.42. The Morgan fingerprint density at radius 1 is 1.38 bits per heavy atom. The molecule has 13 heavy (non-hydrogen) atoms. The van der Waals surface area contributed by atoms with Crippen LogP contribution in [0.5, 0.6) is 0 Å². The van der Waals surface area contributed by atoms with Crippen LogP contribution in [-0.2, 0) is 9.09 Å². The minimum atomic E-state index is -1.36. The second-order valence-corrected chi connectivity index (χ2v) is 2.59. The van der Waals surface area contributed by atoms with Crippen molar-refractivity contribution in [1.29, 1.82) is 0 Å². The molecule has 0 amide bonds. The summed E-state index contributed by atoms with van der Waals surface area (Å²) in [5.41, 5.74) is 0.371. The van der Waals surface area contributed by atoms with Crippen LogP contribution in [0.4, 0.5) is 0 Å². The molecule has 1 unspecified atom stereocenters. The van der Waals surface area contributed by atoms with Crippen LogP contribution in [0.25, 0.3) is 0 Å². The van der Waals surface area contributed by atoms with Crippen LogP contribution in [0.1, 0.15) is 11.8 Å². The average Bonchev–Trinajstić information content (AvgIpc) is 2.15. The van der Waals surface area contributed by atoms with Gasteiger partial charge in [-0.05, 0) is 12.1 Å². The molecular formula is C7H6NO4P. The van der Waals surface area contributed by atoms with Crippen molar-refractivity contribution in [2.45, 2.75) is 6.23 Å². The predicted molar refractivity (Wildman–Crippen MR) is 44.9 cm³/mol. The Labute approximate surface area is 75.8 Å². The van der Waals surface area contributed by atoms with Gasteiger partial charge in [-0.2, -0.15) is 0 Å². The van der Waals surface area contributed by atoms with Crippen LogP contribution >= 0.6 is 8.69 Å². The van der Waals surface area contributed by atoms with Gasteiger partial charge < -0.3 is 0 Å². The van der Waals surface area contributed by atoms with Crippen molar-refractivity contribution in [3.8, 4) is 0 Å². The number of nitrogens with zero attached hydrogens (tertiary/aromatic N) is 1. The maximum atomic E-state index is 10.4. The van der Waals surface area contributed by atoms with Crippen LogP contribution < -0.4 is 0 Å². The summed E-state index contributed by atoms with van der Waals surface area (Å²) in [5, 5.41) is 10.4. The zero-order chi connectivity index (χ0) is 9.68. The molecule has 5 nitrogen and oxygen atoms in total. The summed E-state index contributed by atoms with van der Waals surface area (Å²) in [7, 11) is -0.697. The monoisotopic (exact) mass is 199 g/mol. The lowest BCUT2D eigenvalue weighted by molar-refractivity contribution is -0.570. The van der Waals surface area contributed by atoms with Crippen LogP contribution in [0.3, 0.4) is 0 Å². The van der Waals surface area contributed by atoms with Gasteiger partial charge in [-0.1, -0.05) is 18.2 Å². The Morgan fingerprint density at radius 2 is 2.00 bits per heavy atom. The van der Waals surface area contributed by atoms with Crippen molar-refractivity contribution in [3.63, 3.8) is 0 Å². The van der Waals surface area contributed by atoms with E-state index in [1.807, 2.05) is 0 Å². The molecule has 0 aliphatic heterocycles. The maximum absolute atomic E-state index is 10.4. The third kappa shape index (κ3) is 2.57. The molecular weight excluding hydrogens is 193 g/mol. The van der Waals surface area contributed by atoms with Gasteiger partial charge in [0.25, 0.3) is 0 Å².